The molecule has 0 spiro atoms. The number of hydrogen-bond donors (Lipinski definition) is 2. The van der Waals surface area contributed by atoms with Crippen LogP contribution >= 0.6 is 0 Å². The average molecular weight is 295 g/mol. The summed E-state index contributed by atoms with van der Waals surface area (Å²) in [6.07, 6.45) is 3.75. The van der Waals surface area contributed by atoms with Gasteiger partial charge in [0.1, 0.15) is 11.9 Å². The summed E-state index contributed by atoms with van der Waals surface area (Å²) >= 11 is 0. The highest BCUT2D eigenvalue weighted by Crippen LogP contribution is 2.09. The number of aryl methyl sites for hydroxylation is 1. The van der Waals surface area contributed by atoms with E-state index in [-0.39, 0.29) is 11.9 Å². The fourth-order valence-electron chi connectivity index (χ4n) is 2.45. The summed E-state index contributed by atoms with van der Waals surface area (Å²) in [5.41, 5.74) is 5.59. The lowest BCUT2D eigenvalue weighted by molar-refractivity contribution is -0.132. The Hall–Kier alpha value is -1.60. The highest BCUT2D eigenvalue weighted by Gasteiger charge is 2.28. The van der Waals surface area contributed by atoms with Crippen LogP contribution in [-0.2, 0) is 16.1 Å². The van der Waals surface area contributed by atoms with Gasteiger partial charge in [0.15, 0.2) is 0 Å². The smallest absolute Gasteiger partial charge is 0.239 e. The van der Waals surface area contributed by atoms with E-state index in [1.807, 2.05) is 17.8 Å². The molecule has 118 valence electrons. The topological polar surface area (TPSA) is 85.4 Å². The van der Waals surface area contributed by atoms with E-state index in [0.29, 0.717) is 19.0 Å². The van der Waals surface area contributed by atoms with Crippen molar-refractivity contribution in [2.75, 3.05) is 38.6 Å². The van der Waals surface area contributed by atoms with E-state index in [4.69, 9.17) is 10.5 Å². The highest BCUT2D eigenvalue weighted by atomic mass is 16.5. The minimum absolute atomic E-state index is 0.0693. The fraction of sp³-hybridized carbons (Fsp3) is 0.714. The molecule has 0 saturated carbocycles. The Morgan fingerprint density at radius 3 is 3.14 bits per heavy atom. The van der Waals surface area contributed by atoms with Crippen LogP contribution in [0.2, 0.25) is 0 Å². The largest absolute Gasteiger partial charge is 0.382 e. The normalized spacial score (nSPS) is 19.6. The van der Waals surface area contributed by atoms with Crippen LogP contribution in [0.15, 0.2) is 12.3 Å². The zero-order valence-corrected chi connectivity index (χ0v) is 12.6. The average Bonchev–Trinajstić information content (AvgIpc) is 2.91. The van der Waals surface area contributed by atoms with E-state index in [0.717, 1.165) is 39.0 Å². The number of hydrogen-bond acceptors (Lipinski definition) is 5. The van der Waals surface area contributed by atoms with Crippen LogP contribution in [0.1, 0.15) is 19.8 Å². The van der Waals surface area contributed by atoms with Gasteiger partial charge in [0.25, 0.3) is 0 Å². The number of carbonyl (C=O) groups excluding carboxylic acids is 1. The lowest BCUT2D eigenvalue weighted by atomic mass is 10.2. The number of ether oxygens (including phenoxy) is 1. The number of nitrogens with one attached hydrogen (secondary N) is 1. The zero-order valence-electron chi connectivity index (χ0n) is 12.6. The number of anilines is 1. The SMILES string of the molecule is CCCNC(=O)C1COCCN1CCCn1ccc(N)n1. The summed E-state index contributed by atoms with van der Waals surface area (Å²) in [5.74, 6) is 0.609. The first kappa shape index (κ1) is 15.8. The molecule has 2 rings (SSSR count). The van der Waals surface area contributed by atoms with Crippen LogP contribution in [0.5, 0.6) is 0 Å². The van der Waals surface area contributed by atoms with Crippen LogP contribution in [0.3, 0.4) is 0 Å². The van der Waals surface area contributed by atoms with E-state index >= 15 is 0 Å². The van der Waals surface area contributed by atoms with Crippen LogP contribution in [0.25, 0.3) is 0 Å². The molecule has 1 aromatic heterocycles. The van der Waals surface area contributed by atoms with Gasteiger partial charge in [-0.2, -0.15) is 5.10 Å². The molecule has 0 bridgehead atoms. The monoisotopic (exact) mass is 295 g/mol. The van der Waals surface area contributed by atoms with Gasteiger partial charge < -0.3 is 15.8 Å². The molecule has 1 aromatic rings. The van der Waals surface area contributed by atoms with Crippen LogP contribution in [0.4, 0.5) is 5.82 Å². The van der Waals surface area contributed by atoms with Crippen molar-refractivity contribution in [3.05, 3.63) is 12.3 Å². The minimum atomic E-state index is -0.173. The van der Waals surface area contributed by atoms with Crippen molar-refractivity contribution in [1.82, 2.24) is 20.0 Å². The van der Waals surface area contributed by atoms with Crippen molar-refractivity contribution in [2.24, 2.45) is 0 Å². The Kier molecular flexibility index (Phi) is 6.01. The third-order valence-electron chi connectivity index (χ3n) is 3.59. The number of morpholine rings is 1. The van der Waals surface area contributed by atoms with Crippen molar-refractivity contribution in [3.63, 3.8) is 0 Å². The van der Waals surface area contributed by atoms with Crippen molar-refractivity contribution < 1.29 is 9.53 Å². The molecule has 1 unspecified atom stereocenters. The summed E-state index contributed by atoms with van der Waals surface area (Å²) in [4.78, 5) is 14.3. The molecule has 1 saturated heterocycles. The predicted molar refractivity (Wildman–Crippen MR) is 80.7 cm³/mol. The summed E-state index contributed by atoms with van der Waals surface area (Å²) in [5, 5.41) is 7.11. The molecule has 1 aliphatic rings. The fourth-order valence-corrected chi connectivity index (χ4v) is 2.45. The third-order valence-corrected chi connectivity index (χ3v) is 3.59. The number of nitrogens with two attached hydrogens (primary N) is 1. The molecule has 1 amide bonds. The molecule has 0 radical (unpaired) electrons. The van der Waals surface area contributed by atoms with Gasteiger partial charge in [0, 0.05) is 32.4 Å². The molecule has 2 heterocycles. The predicted octanol–water partition coefficient (Wildman–Crippen LogP) is 0.0824. The Morgan fingerprint density at radius 1 is 1.57 bits per heavy atom. The second-order valence-electron chi connectivity index (χ2n) is 5.27. The number of rotatable bonds is 7. The lowest BCUT2D eigenvalue weighted by Crippen LogP contribution is -2.54. The van der Waals surface area contributed by atoms with Gasteiger partial charge in [0.2, 0.25) is 5.91 Å². The molecule has 0 aliphatic carbocycles. The summed E-state index contributed by atoms with van der Waals surface area (Å²) in [6, 6.07) is 1.61. The number of nitrogen functional groups attached to an aromatic ring is 1. The number of amides is 1. The molecule has 7 heteroatoms. The van der Waals surface area contributed by atoms with Crippen LogP contribution in [0, 0.1) is 0 Å². The third kappa shape index (κ3) is 4.71. The molecule has 21 heavy (non-hydrogen) atoms. The van der Waals surface area contributed by atoms with Gasteiger partial charge in [-0.15, -0.1) is 0 Å². The Morgan fingerprint density at radius 2 is 2.43 bits per heavy atom. The van der Waals surface area contributed by atoms with Crippen molar-refractivity contribution in [3.8, 4) is 0 Å². The number of nitrogens with zero attached hydrogens (tertiary/aromatic N) is 3. The second-order valence-corrected chi connectivity index (χ2v) is 5.27. The maximum absolute atomic E-state index is 12.1. The maximum Gasteiger partial charge on any atom is 0.239 e. The van der Waals surface area contributed by atoms with Gasteiger partial charge in [0.05, 0.1) is 13.2 Å². The number of carbonyl (C=O) groups is 1. The quantitative estimate of drug-likeness (QED) is 0.744. The van der Waals surface area contributed by atoms with Gasteiger partial charge in [-0.05, 0) is 18.9 Å². The molecule has 0 aromatic carbocycles. The van der Waals surface area contributed by atoms with Gasteiger partial charge in [-0.1, -0.05) is 6.92 Å². The van der Waals surface area contributed by atoms with Crippen molar-refractivity contribution in [1.29, 1.82) is 0 Å². The summed E-state index contributed by atoms with van der Waals surface area (Å²) in [7, 11) is 0. The van der Waals surface area contributed by atoms with Gasteiger partial charge in [-0.25, -0.2) is 0 Å². The molecular formula is C14H25N5O2. The van der Waals surface area contributed by atoms with Gasteiger partial charge >= 0.3 is 0 Å². The molecule has 1 aliphatic heterocycles. The van der Waals surface area contributed by atoms with E-state index in [1.165, 1.54) is 0 Å². The van der Waals surface area contributed by atoms with Crippen molar-refractivity contribution >= 4 is 11.7 Å². The van der Waals surface area contributed by atoms with Gasteiger partial charge in [-0.3, -0.25) is 14.4 Å². The first-order valence-corrected chi connectivity index (χ1v) is 7.59. The first-order chi connectivity index (χ1) is 10.2. The maximum atomic E-state index is 12.1. The Balaban J connectivity index is 1.79. The van der Waals surface area contributed by atoms with E-state index in [9.17, 15) is 4.79 Å². The second kappa shape index (κ2) is 7.99. The Labute approximate surface area is 125 Å². The van der Waals surface area contributed by atoms with E-state index in [2.05, 4.69) is 15.3 Å². The zero-order chi connectivity index (χ0) is 15.1. The summed E-state index contributed by atoms with van der Waals surface area (Å²) < 4.78 is 7.28. The molecule has 1 atom stereocenters. The van der Waals surface area contributed by atoms with E-state index in [1.54, 1.807) is 6.07 Å². The molecule has 3 N–H and O–H groups in total. The standard InChI is InChI=1S/C14H25N5O2/c1-2-5-16-14(20)12-11-21-10-9-18(12)6-3-7-19-8-4-13(15)17-19/h4,8,12H,2-3,5-7,9-11H2,1H3,(H2,15,17)(H,16,20). The molecule has 1 fully saturated rings. The van der Waals surface area contributed by atoms with Crippen LogP contribution < -0.4 is 11.1 Å². The summed E-state index contributed by atoms with van der Waals surface area (Å²) in [6.45, 7) is 6.38. The van der Waals surface area contributed by atoms with Crippen LogP contribution in [-0.4, -0.2) is 59.5 Å². The highest BCUT2D eigenvalue weighted by molar-refractivity contribution is 5.81. The first-order valence-electron chi connectivity index (χ1n) is 7.59. The van der Waals surface area contributed by atoms with E-state index < -0.39 is 0 Å². The number of aromatic nitrogens is 2. The molecular weight excluding hydrogens is 270 g/mol. The van der Waals surface area contributed by atoms with Crippen molar-refractivity contribution in [2.45, 2.75) is 32.4 Å². The minimum Gasteiger partial charge on any atom is -0.382 e. The molecule has 7 nitrogen and oxygen atoms in total. The Bertz CT molecular complexity index is 448. The lowest BCUT2D eigenvalue weighted by Gasteiger charge is -2.34.